The average Bonchev–Trinajstić information content (AvgIpc) is 3.13. The van der Waals surface area contributed by atoms with Crippen LogP contribution in [0.3, 0.4) is 0 Å². The molecule has 0 unspecified atom stereocenters. The van der Waals surface area contributed by atoms with Crippen LogP contribution in [0.2, 0.25) is 4.34 Å². The van der Waals surface area contributed by atoms with Crippen LogP contribution in [0.25, 0.3) is 11.1 Å². The molecule has 3 aromatic rings. The molecular weight excluding hydrogens is 302 g/mol. The normalized spacial score (nSPS) is 10.8. The SMILES string of the molecule is CCn1cc(C(=O)c2ccc(Cl)s2)c(-c2ccccc2)c1. The molecule has 0 aliphatic rings. The van der Waals surface area contributed by atoms with E-state index >= 15 is 0 Å². The maximum atomic E-state index is 12.7. The van der Waals surface area contributed by atoms with Gasteiger partial charge in [0.1, 0.15) is 0 Å². The summed E-state index contributed by atoms with van der Waals surface area (Å²) < 4.78 is 2.67. The van der Waals surface area contributed by atoms with Crippen LogP contribution in [-0.2, 0) is 6.54 Å². The van der Waals surface area contributed by atoms with E-state index in [2.05, 4.69) is 6.92 Å². The number of aryl methyl sites for hydroxylation is 1. The number of rotatable bonds is 4. The number of benzene rings is 1. The monoisotopic (exact) mass is 315 g/mol. The third kappa shape index (κ3) is 2.80. The van der Waals surface area contributed by atoms with Gasteiger partial charge in [0, 0.05) is 30.1 Å². The largest absolute Gasteiger partial charge is 0.353 e. The summed E-state index contributed by atoms with van der Waals surface area (Å²) in [4.78, 5) is 13.4. The predicted molar refractivity (Wildman–Crippen MR) is 88.3 cm³/mol. The molecule has 106 valence electrons. The molecule has 4 heteroatoms. The number of hydrogen-bond acceptors (Lipinski definition) is 2. The van der Waals surface area contributed by atoms with Gasteiger partial charge in [-0.2, -0.15) is 0 Å². The van der Waals surface area contributed by atoms with Gasteiger partial charge in [0.25, 0.3) is 0 Å². The number of halogens is 1. The van der Waals surface area contributed by atoms with Crippen molar-refractivity contribution in [3.8, 4) is 11.1 Å². The standard InChI is InChI=1S/C17H14ClNOS/c1-2-19-10-13(12-6-4-3-5-7-12)14(11-19)17(20)15-8-9-16(18)21-15/h3-11H,2H2,1H3. The number of hydrogen-bond donors (Lipinski definition) is 0. The fourth-order valence-electron chi connectivity index (χ4n) is 2.29. The van der Waals surface area contributed by atoms with Crippen LogP contribution in [0.1, 0.15) is 22.2 Å². The molecule has 0 aliphatic carbocycles. The Morgan fingerprint density at radius 2 is 1.90 bits per heavy atom. The minimum absolute atomic E-state index is 0.0259. The lowest BCUT2D eigenvalue weighted by molar-refractivity contribution is 0.104. The molecule has 3 rings (SSSR count). The van der Waals surface area contributed by atoms with E-state index in [9.17, 15) is 4.79 Å². The van der Waals surface area contributed by atoms with Gasteiger partial charge in [-0.25, -0.2) is 0 Å². The van der Waals surface area contributed by atoms with Gasteiger partial charge in [0.05, 0.1) is 9.21 Å². The summed E-state index contributed by atoms with van der Waals surface area (Å²) in [5.41, 5.74) is 2.74. The van der Waals surface area contributed by atoms with Crippen molar-refractivity contribution in [2.24, 2.45) is 0 Å². The Labute approximate surface area is 132 Å². The van der Waals surface area contributed by atoms with E-state index in [1.54, 1.807) is 12.1 Å². The first-order valence-electron chi connectivity index (χ1n) is 6.74. The summed E-state index contributed by atoms with van der Waals surface area (Å²) in [6.07, 6.45) is 3.94. The van der Waals surface area contributed by atoms with Crippen LogP contribution in [0, 0.1) is 0 Å². The van der Waals surface area contributed by atoms with Gasteiger partial charge in [0.15, 0.2) is 0 Å². The number of thiophene rings is 1. The molecular formula is C17H14ClNOS. The van der Waals surface area contributed by atoms with Crippen molar-refractivity contribution in [3.05, 3.63) is 69.6 Å². The zero-order valence-corrected chi connectivity index (χ0v) is 13.1. The second-order valence-electron chi connectivity index (χ2n) is 4.71. The van der Waals surface area contributed by atoms with E-state index in [0.717, 1.165) is 23.2 Å². The summed E-state index contributed by atoms with van der Waals surface area (Å²) in [7, 11) is 0. The molecule has 0 saturated heterocycles. The summed E-state index contributed by atoms with van der Waals surface area (Å²) in [5, 5.41) is 0. The molecule has 0 amide bonds. The Morgan fingerprint density at radius 3 is 2.52 bits per heavy atom. The Kier molecular flexibility index (Phi) is 3.95. The highest BCUT2D eigenvalue weighted by Crippen LogP contribution is 2.30. The topological polar surface area (TPSA) is 22.0 Å². The van der Waals surface area contributed by atoms with Crippen LogP contribution in [0.5, 0.6) is 0 Å². The van der Waals surface area contributed by atoms with Gasteiger partial charge in [-0.1, -0.05) is 41.9 Å². The van der Waals surface area contributed by atoms with Crippen molar-refractivity contribution in [1.82, 2.24) is 4.57 Å². The van der Waals surface area contributed by atoms with Crippen molar-refractivity contribution < 1.29 is 4.79 Å². The van der Waals surface area contributed by atoms with Gasteiger partial charge in [-0.15, -0.1) is 11.3 Å². The fourth-order valence-corrected chi connectivity index (χ4v) is 3.29. The molecule has 0 atom stereocenters. The minimum atomic E-state index is 0.0259. The summed E-state index contributed by atoms with van der Waals surface area (Å²) >= 11 is 7.26. The quantitative estimate of drug-likeness (QED) is 0.612. The molecule has 0 aliphatic heterocycles. The summed E-state index contributed by atoms with van der Waals surface area (Å²) in [5.74, 6) is 0.0259. The first-order chi connectivity index (χ1) is 10.2. The van der Waals surface area contributed by atoms with Crippen molar-refractivity contribution >= 4 is 28.7 Å². The lowest BCUT2D eigenvalue weighted by Gasteiger charge is -2.01. The van der Waals surface area contributed by atoms with Crippen molar-refractivity contribution in [2.75, 3.05) is 0 Å². The van der Waals surface area contributed by atoms with Crippen LogP contribution in [-0.4, -0.2) is 10.4 Å². The van der Waals surface area contributed by atoms with Gasteiger partial charge in [-0.05, 0) is 24.6 Å². The smallest absolute Gasteiger partial charge is 0.205 e. The zero-order chi connectivity index (χ0) is 14.8. The molecule has 2 aromatic heterocycles. The molecule has 21 heavy (non-hydrogen) atoms. The number of aromatic nitrogens is 1. The highest BCUT2D eigenvalue weighted by Gasteiger charge is 2.18. The van der Waals surface area contributed by atoms with Gasteiger partial charge >= 0.3 is 0 Å². The molecule has 0 N–H and O–H groups in total. The van der Waals surface area contributed by atoms with Gasteiger partial charge in [-0.3, -0.25) is 4.79 Å². The van der Waals surface area contributed by atoms with Crippen LogP contribution < -0.4 is 0 Å². The fraction of sp³-hybridized carbons (Fsp3) is 0.118. The maximum Gasteiger partial charge on any atom is 0.205 e. The van der Waals surface area contributed by atoms with Crippen LogP contribution in [0.15, 0.2) is 54.9 Å². The van der Waals surface area contributed by atoms with E-state index in [4.69, 9.17) is 11.6 Å². The van der Waals surface area contributed by atoms with Crippen LogP contribution in [0.4, 0.5) is 0 Å². The van der Waals surface area contributed by atoms with Crippen molar-refractivity contribution in [1.29, 1.82) is 0 Å². The number of carbonyl (C=O) groups excluding carboxylic acids is 1. The Balaban J connectivity index is 2.09. The average molecular weight is 316 g/mol. The Hall–Kier alpha value is -1.84. The third-order valence-corrected chi connectivity index (χ3v) is 4.60. The van der Waals surface area contributed by atoms with Crippen molar-refractivity contribution in [2.45, 2.75) is 13.5 Å². The first kappa shape index (κ1) is 14.1. The molecule has 0 radical (unpaired) electrons. The zero-order valence-electron chi connectivity index (χ0n) is 11.5. The highest BCUT2D eigenvalue weighted by molar-refractivity contribution is 7.18. The molecule has 0 saturated carbocycles. The molecule has 0 bridgehead atoms. The molecule has 1 aromatic carbocycles. The molecule has 0 fully saturated rings. The van der Waals surface area contributed by atoms with E-state index in [0.29, 0.717) is 9.21 Å². The van der Waals surface area contributed by atoms with Gasteiger partial charge in [0.2, 0.25) is 5.78 Å². The molecule has 2 nitrogen and oxygen atoms in total. The summed E-state index contributed by atoms with van der Waals surface area (Å²) in [6, 6.07) is 13.5. The minimum Gasteiger partial charge on any atom is -0.353 e. The van der Waals surface area contributed by atoms with Gasteiger partial charge < -0.3 is 4.57 Å². The molecule has 2 heterocycles. The Morgan fingerprint density at radius 1 is 1.14 bits per heavy atom. The van der Waals surface area contributed by atoms with Crippen LogP contribution >= 0.6 is 22.9 Å². The lowest BCUT2D eigenvalue weighted by Crippen LogP contribution is -1.99. The second-order valence-corrected chi connectivity index (χ2v) is 6.43. The number of nitrogens with zero attached hydrogens (tertiary/aromatic N) is 1. The number of carbonyl (C=O) groups is 1. The van der Waals surface area contributed by atoms with E-state index in [-0.39, 0.29) is 5.78 Å². The van der Waals surface area contributed by atoms with E-state index in [1.165, 1.54) is 11.3 Å². The number of ketones is 1. The predicted octanol–water partition coefficient (Wildman–Crippen LogP) is 5.12. The summed E-state index contributed by atoms with van der Waals surface area (Å²) in [6.45, 7) is 2.89. The van der Waals surface area contributed by atoms with Crippen molar-refractivity contribution in [3.63, 3.8) is 0 Å². The first-order valence-corrected chi connectivity index (χ1v) is 7.93. The second kappa shape index (κ2) is 5.88. The highest BCUT2D eigenvalue weighted by atomic mass is 35.5. The Bertz CT molecular complexity index is 773. The maximum absolute atomic E-state index is 12.7. The molecule has 0 spiro atoms. The van der Waals surface area contributed by atoms with E-state index < -0.39 is 0 Å². The third-order valence-electron chi connectivity index (χ3n) is 3.37. The lowest BCUT2D eigenvalue weighted by atomic mass is 10.0. The van der Waals surface area contributed by atoms with E-state index in [1.807, 2.05) is 47.3 Å².